The van der Waals surface area contributed by atoms with Gasteiger partial charge in [-0.2, -0.15) is 0 Å². The molecule has 1 fully saturated rings. The summed E-state index contributed by atoms with van der Waals surface area (Å²) in [5.74, 6) is 0. The van der Waals surface area contributed by atoms with E-state index in [1.807, 2.05) is 13.8 Å². The second-order valence-corrected chi connectivity index (χ2v) is 9.59. The quantitative estimate of drug-likeness (QED) is 0.577. The maximum absolute atomic E-state index is 13.1. The Hall–Kier alpha value is -0.190. The van der Waals surface area contributed by atoms with E-state index in [2.05, 4.69) is 6.92 Å². The molecule has 7 heteroatoms. The zero-order valence-electron chi connectivity index (χ0n) is 12.8. The van der Waals surface area contributed by atoms with Crippen LogP contribution in [0.5, 0.6) is 0 Å². The highest BCUT2D eigenvalue weighted by Gasteiger charge is 2.47. The van der Waals surface area contributed by atoms with Crippen LogP contribution < -0.4 is 0 Å². The number of hydrogen-bond donors (Lipinski definition) is 0. The number of ether oxygens (including phenoxy) is 1. The molecule has 118 valence electrons. The Kier molecular flexibility index (Phi) is 7.41. The minimum absolute atomic E-state index is 0.128. The third kappa shape index (κ3) is 4.40. The van der Waals surface area contributed by atoms with Gasteiger partial charge in [0.15, 0.2) is 0 Å². The van der Waals surface area contributed by atoms with Crippen molar-refractivity contribution >= 4 is 24.2 Å². The lowest BCUT2D eigenvalue weighted by molar-refractivity contribution is 0.167. The lowest BCUT2D eigenvalue weighted by Crippen LogP contribution is -2.31. The maximum Gasteiger partial charge on any atom is 0.418 e. The summed E-state index contributed by atoms with van der Waals surface area (Å²) in [6.45, 7) is 5.35. The Morgan fingerprint density at radius 2 is 2.20 bits per heavy atom. The Labute approximate surface area is 126 Å². The third-order valence-corrected chi connectivity index (χ3v) is 8.55. The van der Waals surface area contributed by atoms with Crippen LogP contribution >= 0.6 is 18.1 Å². The molecule has 1 aliphatic rings. The van der Waals surface area contributed by atoms with Gasteiger partial charge < -0.3 is 9.26 Å². The smallest absolute Gasteiger partial charge is 0.418 e. The van der Waals surface area contributed by atoms with Gasteiger partial charge in [-0.1, -0.05) is 33.6 Å². The van der Waals surface area contributed by atoms with Gasteiger partial charge >= 0.3 is 12.8 Å². The van der Waals surface area contributed by atoms with Crippen molar-refractivity contribution in [1.82, 2.24) is 4.67 Å². The summed E-state index contributed by atoms with van der Waals surface area (Å²) in [5.41, 5.74) is 0. The first-order chi connectivity index (χ1) is 9.48. The Morgan fingerprint density at radius 1 is 1.50 bits per heavy atom. The summed E-state index contributed by atoms with van der Waals surface area (Å²) >= 11 is 1.27. The van der Waals surface area contributed by atoms with Crippen LogP contribution in [0.15, 0.2) is 0 Å². The van der Waals surface area contributed by atoms with E-state index < -0.39 is 12.8 Å². The predicted molar refractivity (Wildman–Crippen MR) is 83.1 cm³/mol. The van der Waals surface area contributed by atoms with E-state index in [4.69, 9.17) is 9.26 Å². The van der Waals surface area contributed by atoms with E-state index in [-0.39, 0.29) is 11.3 Å². The number of carbonyl (C=O) groups is 1. The average Bonchev–Trinajstić information content (AvgIpc) is 2.78. The highest BCUT2D eigenvalue weighted by Crippen LogP contribution is 2.66. The SMILES string of the molecule is CCCCC1COC(=O)N1P(=O)(OCC)SC(C)CC. The Balaban J connectivity index is 2.91. The minimum Gasteiger partial charge on any atom is -0.447 e. The molecule has 0 saturated carbocycles. The number of amides is 1. The van der Waals surface area contributed by atoms with Crippen molar-refractivity contribution < 1.29 is 18.6 Å². The standard InChI is InChI=1S/C13H26NO4PS/c1-5-8-9-12-10-17-13(15)14(12)19(16,18-7-3)20-11(4)6-2/h11-12H,5-10H2,1-4H3. The summed E-state index contributed by atoms with van der Waals surface area (Å²) in [5, 5.41) is 0.174. The van der Waals surface area contributed by atoms with Gasteiger partial charge in [0, 0.05) is 5.25 Å². The molecule has 0 aromatic carbocycles. The predicted octanol–water partition coefficient (Wildman–Crippen LogP) is 4.67. The molecule has 0 aromatic heterocycles. The second-order valence-electron chi connectivity index (χ2n) is 4.93. The molecule has 0 aromatic rings. The molecule has 1 saturated heterocycles. The molecule has 1 heterocycles. The zero-order chi connectivity index (χ0) is 15.2. The normalized spacial score (nSPS) is 23.5. The maximum atomic E-state index is 13.1. The number of hydrogen-bond acceptors (Lipinski definition) is 5. The van der Waals surface area contributed by atoms with Crippen LogP contribution in [0.3, 0.4) is 0 Å². The molecular formula is C13H26NO4PS. The van der Waals surface area contributed by atoms with Crippen LogP contribution in [0.25, 0.3) is 0 Å². The van der Waals surface area contributed by atoms with Crippen LogP contribution in [0, 0.1) is 0 Å². The van der Waals surface area contributed by atoms with Crippen molar-refractivity contribution in [2.24, 2.45) is 0 Å². The van der Waals surface area contributed by atoms with Gasteiger partial charge in [-0.05, 0) is 31.1 Å². The van der Waals surface area contributed by atoms with Crippen molar-refractivity contribution in [1.29, 1.82) is 0 Å². The van der Waals surface area contributed by atoms with Crippen molar-refractivity contribution in [3.05, 3.63) is 0 Å². The minimum atomic E-state index is -3.22. The Bertz CT molecular complexity index is 366. The van der Waals surface area contributed by atoms with Crippen molar-refractivity contribution in [2.45, 2.75) is 64.7 Å². The molecule has 0 spiro atoms. The van der Waals surface area contributed by atoms with Crippen LogP contribution in [0.4, 0.5) is 4.79 Å². The topological polar surface area (TPSA) is 55.8 Å². The molecule has 1 aliphatic heterocycles. The van der Waals surface area contributed by atoms with Crippen LogP contribution in [0.2, 0.25) is 0 Å². The summed E-state index contributed by atoms with van der Waals surface area (Å²) in [7, 11) is 0. The zero-order valence-corrected chi connectivity index (χ0v) is 14.5. The first kappa shape index (κ1) is 17.9. The van der Waals surface area contributed by atoms with E-state index in [0.29, 0.717) is 13.2 Å². The van der Waals surface area contributed by atoms with E-state index in [0.717, 1.165) is 25.7 Å². The van der Waals surface area contributed by atoms with Crippen LogP contribution in [0.1, 0.15) is 53.4 Å². The molecule has 0 aliphatic carbocycles. The van der Waals surface area contributed by atoms with E-state index >= 15 is 0 Å². The molecule has 3 atom stereocenters. The largest absolute Gasteiger partial charge is 0.447 e. The molecule has 1 rings (SSSR count). The van der Waals surface area contributed by atoms with Gasteiger partial charge in [-0.3, -0.25) is 4.57 Å². The van der Waals surface area contributed by atoms with Crippen molar-refractivity contribution in [3.63, 3.8) is 0 Å². The average molecular weight is 323 g/mol. The Morgan fingerprint density at radius 3 is 2.75 bits per heavy atom. The van der Waals surface area contributed by atoms with Gasteiger partial charge in [0.2, 0.25) is 0 Å². The molecular weight excluding hydrogens is 297 g/mol. The summed E-state index contributed by atoms with van der Waals surface area (Å²) in [4.78, 5) is 12.0. The highest BCUT2D eigenvalue weighted by atomic mass is 32.7. The lowest BCUT2D eigenvalue weighted by Gasteiger charge is -2.30. The fourth-order valence-corrected chi connectivity index (χ4v) is 7.28. The number of unbranched alkanes of at least 4 members (excludes halogenated alkanes) is 1. The lowest BCUT2D eigenvalue weighted by atomic mass is 10.1. The molecule has 3 unspecified atom stereocenters. The number of cyclic esters (lactones) is 1. The van der Waals surface area contributed by atoms with Crippen LogP contribution in [-0.4, -0.2) is 35.3 Å². The summed E-state index contributed by atoms with van der Waals surface area (Å²) < 4.78 is 25.1. The van der Waals surface area contributed by atoms with E-state index in [9.17, 15) is 9.36 Å². The van der Waals surface area contributed by atoms with Gasteiger partial charge in [0.05, 0.1) is 12.6 Å². The molecule has 0 N–H and O–H groups in total. The molecule has 1 amide bonds. The van der Waals surface area contributed by atoms with Crippen LogP contribution in [-0.2, 0) is 13.8 Å². The van der Waals surface area contributed by atoms with Gasteiger partial charge in [0.1, 0.15) is 6.61 Å². The molecule has 0 radical (unpaired) electrons. The van der Waals surface area contributed by atoms with Gasteiger partial charge in [0.25, 0.3) is 0 Å². The van der Waals surface area contributed by atoms with E-state index in [1.165, 1.54) is 16.1 Å². The summed E-state index contributed by atoms with van der Waals surface area (Å²) in [6.07, 6.45) is 3.21. The van der Waals surface area contributed by atoms with Gasteiger partial charge in [-0.15, -0.1) is 0 Å². The fourth-order valence-electron chi connectivity index (χ4n) is 2.01. The van der Waals surface area contributed by atoms with Gasteiger partial charge in [-0.25, -0.2) is 9.46 Å². The molecule has 5 nitrogen and oxygen atoms in total. The highest BCUT2D eigenvalue weighted by molar-refractivity contribution is 8.56. The van der Waals surface area contributed by atoms with Crippen molar-refractivity contribution in [3.8, 4) is 0 Å². The van der Waals surface area contributed by atoms with Crippen molar-refractivity contribution in [2.75, 3.05) is 13.2 Å². The first-order valence-corrected chi connectivity index (χ1v) is 10.4. The number of rotatable bonds is 9. The fraction of sp³-hybridized carbons (Fsp3) is 0.923. The second kappa shape index (κ2) is 8.30. The monoisotopic (exact) mass is 323 g/mol. The molecule has 20 heavy (non-hydrogen) atoms. The summed E-state index contributed by atoms with van der Waals surface area (Å²) in [6, 6.07) is -0.128. The first-order valence-electron chi connectivity index (χ1n) is 7.37. The van der Waals surface area contributed by atoms with E-state index in [1.54, 1.807) is 6.92 Å². The molecule has 0 bridgehead atoms. The number of nitrogens with zero attached hydrogens (tertiary/aromatic N) is 1. The number of carbonyl (C=O) groups excluding carboxylic acids is 1. The third-order valence-electron chi connectivity index (χ3n) is 3.27.